The summed E-state index contributed by atoms with van der Waals surface area (Å²) in [6.07, 6.45) is 3.70. The number of guanidine groups is 1. The lowest BCUT2D eigenvalue weighted by Crippen LogP contribution is -2.39. The van der Waals surface area contributed by atoms with E-state index in [0.717, 1.165) is 48.2 Å². The molecule has 0 aliphatic heterocycles. The predicted molar refractivity (Wildman–Crippen MR) is 97.2 cm³/mol. The fourth-order valence-corrected chi connectivity index (χ4v) is 2.44. The first-order valence-electron chi connectivity index (χ1n) is 7.78. The molecule has 5 heteroatoms. The van der Waals surface area contributed by atoms with Crippen LogP contribution in [0, 0.1) is 6.92 Å². The van der Waals surface area contributed by atoms with Crippen LogP contribution >= 0.6 is 11.6 Å². The first-order chi connectivity index (χ1) is 11.2. The Labute approximate surface area is 143 Å². The Morgan fingerprint density at radius 3 is 2.48 bits per heavy atom. The summed E-state index contributed by atoms with van der Waals surface area (Å²) in [6, 6.07) is 12.1. The molecule has 0 radical (unpaired) electrons. The van der Waals surface area contributed by atoms with E-state index in [1.165, 1.54) is 5.56 Å². The van der Waals surface area contributed by atoms with Gasteiger partial charge in [-0.2, -0.15) is 0 Å². The van der Waals surface area contributed by atoms with Crippen molar-refractivity contribution in [2.75, 3.05) is 20.1 Å². The van der Waals surface area contributed by atoms with Gasteiger partial charge in [-0.1, -0.05) is 35.9 Å². The van der Waals surface area contributed by atoms with Crippen molar-refractivity contribution < 1.29 is 0 Å². The van der Waals surface area contributed by atoms with Crippen LogP contribution in [0.5, 0.6) is 0 Å². The molecule has 0 unspecified atom stereocenters. The van der Waals surface area contributed by atoms with E-state index in [9.17, 15) is 0 Å². The Bertz CT molecular complexity index is 638. The van der Waals surface area contributed by atoms with Gasteiger partial charge in [0.2, 0.25) is 0 Å². The molecular formula is C18H23ClN4. The van der Waals surface area contributed by atoms with Gasteiger partial charge in [0.25, 0.3) is 0 Å². The van der Waals surface area contributed by atoms with Gasteiger partial charge in [-0.3, -0.25) is 9.98 Å². The van der Waals surface area contributed by atoms with Gasteiger partial charge in [0, 0.05) is 37.1 Å². The molecule has 2 aromatic rings. The third kappa shape index (κ3) is 5.91. The Morgan fingerprint density at radius 1 is 1.09 bits per heavy atom. The molecule has 2 N–H and O–H groups in total. The molecule has 0 amide bonds. The monoisotopic (exact) mass is 330 g/mol. The smallest absolute Gasteiger partial charge is 0.190 e. The Balaban J connectivity index is 1.71. The van der Waals surface area contributed by atoms with Gasteiger partial charge in [0.15, 0.2) is 5.96 Å². The number of halogens is 1. The topological polar surface area (TPSA) is 49.3 Å². The van der Waals surface area contributed by atoms with Crippen molar-refractivity contribution in [3.05, 3.63) is 64.4 Å². The first-order valence-corrected chi connectivity index (χ1v) is 8.16. The minimum atomic E-state index is 0.787. The number of benzene rings is 1. The van der Waals surface area contributed by atoms with Gasteiger partial charge < -0.3 is 10.6 Å². The summed E-state index contributed by atoms with van der Waals surface area (Å²) in [5, 5.41) is 7.43. The van der Waals surface area contributed by atoms with E-state index in [1.54, 1.807) is 7.05 Å². The highest BCUT2D eigenvalue weighted by Gasteiger charge is 2.01. The van der Waals surface area contributed by atoms with Crippen LogP contribution in [-0.4, -0.2) is 31.1 Å². The molecule has 122 valence electrons. The number of nitrogens with zero attached hydrogens (tertiary/aromatic N) is 2. The molecule has 0 spiro atoms. The fraction of sp³-hybridized carbons (Fsp3) is 0.333. The predicted octanol–water partition coefficient (Wildman–Crippen LogP) is 2.99. The minimum absolute atomic E-state index is 0.787. The summed E-state index contributed by atoms with van der Waals surface area (Å²) >= 11 is 6.16. The first kappa shape index (κ1) is 17.3. The van der Waals surface area contributed by atoms with E-state index in [2.05, 4.69) is 26.7 Å². The summed E-state index contributed by atoms with van der Waals surface area (Å²) in [5.74, 6) is 0.803. The summed E-state index contributed by atoms with van der Waals surface area (Å²) in [4.78, 5) is 8.54. The molecule has 1 aromatic heterocycles. The maximum atomic E-state index is 6.16. The fourth-order valence-electron chi connectivity index (χ4n) is 2.21. The zero-order chi connectivity index (χ0) is 16.5. The lowest BCUT2D eigenvalue weighted by molar-refractivity contribution is 0.783. The van der Waals surface area contributed by atoms with E-state index in [0.29, 0.717) is 0 Å². The van der Waals surface area contributed by atoms with Gasteiger partial charge in [0.05, 0.1) is 0 Å². The van der Waals surface area contributed by atoms with Gasteiger partial charge in [-0.15, -0.1) is 0 Å². The molecule has 4 nitrogen and oxygen atoms in total. The molecule has 0 saturated carbocycles. The largest absolute Gasteiger partial charge is 0.356 e. The molecule has 0 fully saturated rings. The second-order valence-corrected chi connectivity index (χ2v) is 5.73. The van der Waals surface area contributed by atoms with E-state index < -0.39 is 0 Å². The summed E-state index contributed by atoms with van der Waals surface area (Å²) in [6.45, 7) is 3.60. The highest BCUT2D eigenvalue weighted by Crippen LogP contribution is 2.14. The number of aryl methyl sites for hydroxylation is 1. The molecule has 1 aromatic carbocycles. The van der Waals surface area contributed by atoms with Crippen LogP contribution in [0.4, 0.5) is 0 Å². The molecule has 0 aliphatic rings. The standard InChI is InChI=1S/C18H23ClN4/c1-14-7-8-15(13-23-14)9-11-21-18(20-2)22-12-10-16-5-3-4-6-17(16)19/h3-8,13H,9-12H2,1-2H3,(H2,20,21,22). The third-order valence-electron chi connectivity index (χ3n) is 3.55. The Hall–Kier alpha value is -2.07. The van der Waals surface area contributed by atoms with Crippen molar-refractivity contribution in [1.29, 1.82) is 0 Å². The third-order valence-corrected chi connectivity index (χ3v) is 3.92. The van der Waals surface area contributed by atoms with Crippen LogP contribution in [0.2, 0.25) is 5.02 Å². The number of rotatable bonds is 6. The van der Waals surface area contributed by atoms with Crippen molar-refractivity contribution in [3.63, 3.8) is 0 Å². The van der Waals surface area contributed by atoms with E-state index in [4.69, 9.17) is 11.6 Å². The van der Waals surface area contributed by atoms with Crippen LogP contribution in [0.25, 0.3) is 0 Å². The van der Waals surface area contributed by atoms with Crippen LogP contribution in [0.3, 0.4) is 0 Å². The Morgan fingerprint density at radius 2 is 1.83 bits per heavy atom. The maximum Gasteiger partial charge on any atom is 0.190 e. The average molecular weight is 331 g/mol. The van der Waals surface area contributed by atoms with Crippen LogP contribution in [-0.2, 0) is 12.8 Å². The molecule has 1 heterocycles. The molecule has 2 rings (SSSR count). The molecular weight excluding hydrogens is 308 g/mol. The van der Waals surface area contributed by atoms with E-state index >= 15 is 0 Å². The summed E-state index contributed by atoms with van der Waals surface area (Å²) in [7, 11) is 1.78. The van der Waals surface area contributed by atoms with Gasteiger partial charge in [0.1, 0.15) is 0 Å². The SMILES string of the molecule is CN=C(NCCc1ccc(C)nc1)NCCc1ccccc1Cl. The summed E-state index contributed by atoms with van der Waals surface area (Å²) < 4.78 is 0. The molecule has 0 atom stereocenters. The zero-order valence-electron chi connectivity index (χ0n) is 13.6. The van der Waals surface area contributed by atoms with Crippen molar-refractivity contribution in [2.45, 2.75) is 19.8 Å². The van der Waals surface area contributed by atoms with Crippen molar-refractivity contribution in [1.82, 2.24) is 15.6 Å². The van der Waals surface area contributed by atoms with Crippen LogP contribution < -0.4 is 10.6 Å². The van der Waals surface area contributed by atoms with Crippen LogP contribution in [0.15, 0.2) is 47.6 Å². The van der Waals surface area contributed by atoms with Crippen molar-refractivity contribution >= 4 is 17.6 Å². The maximum absolute atomic E-state index is 6.16. The van der Waals surface area contributed by atoms with Crippen LogP contribution in [0.1, 0.15) is 16.8 Å². The normalized spacial score (nSPS) is 11.3. The van der Waals surface area contributed by atoms with Crippen molar-refractivity contribution in [3.8, 4) is 0 Å². The lowest BCUT2D eigenvalue weighted by Gasteiger charge is -2.12. The molecule has 0 saturated heterocycles. The lowest BCUT2D eigenvalue weighted by atomic mass is 10.1. The second kappa shape index (κ2) is 9.16. The number of nitrogens with one attached hydrogen (secondary N) is 2. The molecule has 0 aliphatic carbocycles. The number of pyridine rings is 1. The van der Waals surface area contributed by atoms with Gasteiger partial charge >= 0.3 is 0 Å². The van der Waals surface area contributed by atoms with Gasteiger partial charge in [-0.05, 0) is 43.0 Å². The quantitative estimate of drug-likeness (QED) is 0.632. The minimum Gasteiger partial charge on any atom is -0.356 e. The second-order valence-electron chi connectivity index (χ2n) is 5.33. The zero-order valence-corrected chi connectivity index (χ0v) is 14.4. The average Bonchev–Trinajstić information content (AvgIpc) is 2.57. The highest BCUT2D eigenvalue weighted by atomic mass is 35.5. The number of hydrogen-bond acceptors (Lipinski definition) is 2. The van der Waals surface area contributed by atoms with Gasteiger partial charge in [-0.25, -0.2) is 0 Å². The number of aliphatic imine (C=N–C) groups is 1. The van der Waals surface area contributed by atoms with E-state index in [1.807, 2.05) is 43.5 Å². The highest BCUT2D eigenvalue weighted by molar-refractivity contribution is 6.31. The summed E-state index contributed by atoms with van der Waals surface area (Å²) in [5.41, 5.74) is 3.40. The Kier molecular flexibility index (Phi) is 6.88. The van der Waals surface area contributed by atoms with Crippen molar-refractivity contribution in [2.24, 2.45) is 4.99 Å². The number of hydrogen-bond donors (Lipinski definition) is 2. The number of aromatic nitrogens is 1. The van der Waals surface area contributed by atoms with E-state index in [-0.39, 0.29) is 0 Å². The molecule has 23 heavy (non-hydrogen) atoms. The molecule has 0 bridgehead atoms.